The lowest BCUT2D eigenvalue weighted by Gasteiger charge is -2.42. The van der Waals surface area contributed by atoms with Crippen molar-refractivity contribution in [3.05, 3.63) is 101 Å². The molecule has 1 fully saturated rings. The zero-order chi connectivity index (χ0) is 42.9. The van der Waals surface area contributed by atoms with Crippen LogP contribution >= 0.6 is 0 Å². The minimum absolute atomic E-state index is 0.111. The molecule has 59 heavy (non-hydrogen) atoms. The zero-order valence-corrected chi connectivity index (χ0v) is 35.9. The second-order valence-corrected chi connectivity index (χ2v) is 18.4. The smallest absolute Gasteiger partial charge is 0.408 e. The molecule has 1 aliphatic heterocycles. The first-order valence-electron chi connectivity index (χ1n) is 20.8. The van der Waals surface area contributed by atoms with Crippen molar-refractivity contribution < 1.29 is 33.8 Å². The van der Waals surface area contributed by atoms with Crippen LogP contribution in [0.1, 0.15) is 90.1 Å². The number of ether oxygens (including phenoxy) is 2. The van der Waals surface area contributed by atoms with Crippen molar-refractivity contribution in [1.82, 2.24) is 30.7 Å². The summed E-state index contributed by atoms with van der Waals surface area (Å²) in [6.45, 7) is 17.3. The number of aliphatic hydroxyl groups is 1. The molecule has 1 aromatic heterocycles. The molecule has 13 heteroatoms. The van der Waals surface area contributed by atoms with Crippen molar-refractivity contribution in [3.63, 3.8) is 0 Å². The first-order chi connectivity index (χ1) is 27.8. The van der Waals surface area contributed by atoms with Gasteiger partial charge in [-0.05, 0) is 88.6 Å². The van der Waals surface area contributed by atoms with E-state index in [0.29, 0.717) is 39.0 Å². The summed E-state index contributed by atoms with van der Waals surface area (Å²) >= 11 is 0. The van der Waals surface area contributed by atoms with Crippen LogP contribution in [-0.4, -0.2) is 105 Å². The number of rotatable bonds is 15. The summed E-state index contributed by atoms with van der Waals surface area (Å²) in [5, 5.41) is 20.8. The quantitative estimate of drug-likeness (QED) is 0.154. The summed E-state index contributed by atoms with van der Waals surface area (Å²) in [5.41, 5.74) is 2.59. The maximum absolute atomic E-state index is 14.5. The van der Waals surface area contributed by atoms with Gasteiger partial charge in [0.2, 0.25) is 11.8 Å². The molecule has 320 valence electrons. The third-order valence-corrected chi connectivity index (χ3v) is 10.5. The van der Waals surface area contributed by atoms with E-state index in [1.54, 1.807) is 27.0 Å². The van der Waals surface area contributed by atoms with Gasteiger partial charge in [-0.2, -0.15) is 0 Å². The Labute approximate surface area is 349 Å². The lowest BCUT2D eigenvalue weighted by Crippen LogP contribution is -2.61. The average Bonchev–Trinajstić information content (AvgIpc) is 3.49. The number of carbonyl (C=O) groups is 4. The minimum atomic E-state index is -0.975. The van der Waals surface area contributed by atoms with Gasteiger partial charge in [-0.1, -0.05) is 74.5 Å². The highest BCUT2D eigenvalue weighted by Crippen LogP contribution is 2.35. The number of alkyl carbamates (subject to hydrolysis) is 1. The number of piperazine rings is 1. The summed E-state index contributed by atoms with van der Waals surface area (Å²) in [4.78, 5) is 63.2. The van der Waals surface area contributed by atoms with Gasteiger partial charge in [0, 0.05) is 63.0 Å². The first-order valence-corrected chi connectivity index (χ1v) is 20.8. The number of benzene rings is 2. The predicted octanol–water partition coefficient (Wildman–Crippen LogP) is 4.97. The molecule has 0 bridgehead atoms. The number of fused-ring (bicyclic) bond motifs is 1. The molecule has 0 unspecified atom stereocenters. The highest BCUT2D eigenvalue weighted by atomic mass is 16.6. The second-order valence-electron chi connectivity index (χ2n) is 18.4. The Balaban J connectivity index is 1.32. The van der Waals surface area contributed by atoms with E-state index in [-0.39, 0.29) is 30.7 Å². The van der Waals surface area contributed by atoms with Gasteiger partial charge in [0.25, 0.3) is 0 Å². The minimum Gasteiger partial charge on any atom is -0.458 e. The predicted molar refractivity (Wildman–Crippen MR) is 226 cm³/mol. The van der Waals surface area contributed by atoms with Crippen LogP contribution < -0.4 is 16.0 Å². The fourth-order valence-electron chi connectivity index (χ4n) is 7.81. The number of esters is 1. The third kappa shape index (κ3) is 13.6. The van der Waals surface area contributed by atoms with Crippen LogP contribution in [0, 0.1) is 11.8 Å². The topological polar surface area (TPSA) is 162 Å². The Hall–Kier alpha value is -4.85. The van der Waals surface area contributed by atoms with Gasteiger partial charge >= 0.3 is 12.1 Å². The maximum atomic E-state index is 14.5. The Morgan fingerprint density at radius 1 is 0.915 bits per heavy atom. The number of pyridine rings is 1. The number of aromatic nitrogens is 1. The van der Waals surface area contributed by atoms with Crippen LogP contribution in [0.5, 0.6) is 0 Å². The highest BCUT2D eigenvalue weighted by molar-refractivity contribution is 5.83. The molecular weight excluding hydrogens is 749 g/mol. The largest absolute Gasteiger partial charge is 0.458 e. The fourth-order valence-corrected chi connectivity index (χ4v) is 7.81. The normalized spacial score (nSPS) is 20.2. The molecule has 2 aromatic carbocycles. The van der Waals surface area contributed by atoms with Gasteiger partial charge in [-0.3, -0.25) is 24.4 Å². The number of hydrogen-bond donors (Lipinski definition) is 4. The number of hydrogen-bond acceptors (Lipinski definition) is 10. The average molecular weight is 813 g/mol. The van der Waals surface area contributed by atoms with Crippen LogP contribution in [0.3, 0.4) is 0 Å². The first kappa shape index (κ1) is 45.2. The molecule has 3 amide bonds. The molecule has 2 heterocycles. The Morgan fingerprint density at radius 2 is 1.61 bits per heavy atom. The van der Waals surface area contributed by atoms with Crippen molar-refractivity contribution in [3.8, 4) is 0 Å². The molecule has 2 aliphatic rings. The number of carbonyl (C=O) groups excluding carboxylic acids is 4. The van der Waals surface area contributed by atoms with Crippen LogP contribution in [0.4, 0.5) is 4.79 Å². The van der Waals surface area contributed by atoms with Gasteiger partial charge in [0.05, 0.1) is 12.1 Å². The van der Waals surface area contributed by atoms with E-state index < -0.39 is 59.5 Å². The molecule has 1 aliphatic carbocycles. The lowest BCUT2D eigenvalue weighted by molar-refractivity contribution is -0.154. The molecule has 0 saturated carbocycles. The summed E-state index contributed by atoms with van der Waals surface area (Å²) in [5.74, 6) is -1.97. The molecule has 3 aromatic rings. The third-order valence-electron chi connectivity index (χ3n) is 10.5. The fraction of sp³-hybridized carbons (Fsp3) is 0.543. The lowest BCUT2D eigenvalue weighted by atomic mass is 9.91. The molecule has 6 atom stereocenters. The Kier molecular flexibility index (Phi) is 15.3. The highest BCUT2D eigenvalue weighted by Gasteiger charge is 2.41. The van der Waals surface area contributed by atoms with Gasteiger partial charge in [-0.15, -0.1) is 0 Å². The van der Waals surface area contributed by atoms with Crippen molar-refractivity contribution >= 4 is 23.9 Å². The second kappa shape index (κ2) is 19.9. The summed E-state index contributed by atoms with van der Waals surface area (Å²) in [7, 11) is 0. The van der Waals surface area contributed by atoms with Crippen molar-refractivity contribution in [1.29, 1.82) is 0 Å². The monoisotopic (exact) mass is 812 g/mol. The summed E-state index contributed by atoms with van der Waals surface area (Å²) < 4.78 is 11.5. The van der Waals surface area contributed by atoms with E-state index in [9.17, 15) is 24.3 Å². The molecular formula is C46H64N6O7. The molecule has 0 spiro atoms. The van der Waals surface area contributed by atoms with E-state index in [4.69, 9.17) is 9.47 Å². The van der Waals surface area contributed by atoms with Gasteiger partial charge in [0.15, 0.2) is 0 Å². The van der Waals surface area contributed by atoms with E-state index in [1.165, 1.54) is 0 Å². The van der Waals surface area contributed by atoms with Crippen molar-refractivity contribution in [2.75, 3.05) is 26.2 Å². The Bertz CT molecular complexity index is 1860. The zero-order valence-electron chi connectivity index (χ0n) is 35.9. The van der Waals surface area contributed by atoms with Crippen molar-refractivity contribution in [2.45, 2.75) is 123 Å². The number of amides is 3. The number of aliphatic hydroxyl groups excluding tert-OH is 1. The standard InChI is InChI=1S/C46H64N6O7/c1-30(2)39(49-44(57)59-46(6,7)8)43(56)58-38-25-33-18-12-13-19-36(33)40(38)48-41(54)34(23-31-15-10-9-11-16-31)24-35(53)28-52-22-21-51(27-32-17-14-20-47-26-32)29-37(52)42(55)50-45(3,4)5/h9-20,26,30,34-35,37-40,53H,21-25,27-29H2,1-8H3,(H,48,54)(H,49,57)(H,50,55)/t34-,35+,37+,38-,39+,40+/m1/s1. The molecule has 4 N–H and O–H groups in total. The molecule has 1 saturated heterocycles. The van der Waals surface area contributed by atoms with Crippen LogP contribution in [0.2, 0.25) is 0 Å². The van der Waals surface area contributed by atoms with Gasteiger partial charge < -0.3 is 30.5 Å². The van der Waals surface area contributed by atoms with Crippen LogP contribution in [-0.2, 0) is 43.2 Å². The van der Waals surface area contributed by atoms with E-state index >= 15 is 0 Å². The maximum Gasteiger partial charge on any atom is 0.408 e. The van der Waals surface area contributed by atoms with Crippen molar-refractivity contribution in [2.24, 2.45) is 11.8 Å². The summed E-state index contributed by atoms with van der Waals surface area (Å²) in [6, 6.07) is 19.1. The Morgan fingerprint density at radius 3 is 2.27 bits per heavy atom. The number of nitrogens with one attached hydrogen (secondary N) is 3. The van der Waals surface area contributed by atoms with Crippen LogP contribution in [0.15, 0.2) is 79.1 Å². The SMILES string of the molecule is CC(C)[C@H](NC(=O)OC(C)(C)C)C(=O)O[C@@H]1Cc2ccccc2[C@@H]1NC(=O)[C@H](Cc1ccccc1)C[C@H](O)CN1CCN(Cc2cccnc2)C[C@H]1C(=O)NC(C)(C)C. The number of β-amino-alcohol motifs (C(OH)–C–C–N with tert-alkyl or cyclic N) is 1. The van der Waals surface area contributed by atoms with E-state index in [2.05, 4.69) is 25.8 Å². The van der Waals surface area contributed by atoms with E-state index in [1.807, 2.05) is 112 Å². The van der Waals surface area contributed by atoms with E-state index in [0.717, 1.165) is 22.3 Å². The van der Waals surface area contributed by atoms with Crippen LogP contribution in [0.25, 0.3) is 0 Å². The van der Waals surface area contributed by atoms with Gasteiger partial charge in [0.1, 0.15) is 23.8 Å². The van der Waals surface area contributed by atoms with Gasteiger partial charge in [-0.25, -0.2) is 9.59 Å². The molecule has 0 radical (unpaired) electrons. The molecule has 13 nitrogen and oxygen atoms in total. The molecule has 5 rings (SSSR count). The number of nitrogens with zero attached hydrogens (tertiary/aromatic N) is 3. The summed E-state index contributed by atoms with van der Waals surface area (Å²) in [6.07, 6.45) is 2.06.